The minimum atomic E-state index is -1.18. The first-order valence-electron chi connectivity index (χ1n) is 12.5. The van der Waals surface area contributed by atoms with Crippen molar-refractivity contribution < 1.29 is 19.8 Å². The van der Waals surface area contributed by atoms with Crippen LogP contribution in [0.25, 0.3) is 0 Å². The zero-order chi connectivity index (χ0) is 23.5. The molecule has 2 N–H and O–H groups in total. The van der Waals surface area contributed by atoms with Gasteiger partial charge in [0.05, 0.1) is 11.5 Å². The van der Waals surface area contributed by atoms with E-state index in [1.165, 1.54) is 5.57 Å². The summed E-state index contributed by atoms with van der Waals surface area (Å²) in [5.74, 6) is 0.0279. The number of aliphatic carboxylic acids is 1. The van der Waals surface area contributed by atoms with E-state index in [4.69, 9.17) is 0 Å². The molecular formula is C28H40O4. The molecule has 0 bridgehead atoms. The van der Waals surface area contributed by atoms with Crippen molar-refractivity contribution >= 4 is 11.8 Å². The van der Waals surface area contributed by atoms with E-state index in [-0.39, 0.29) is 16.6 Å². The van der Waals surface area contributed by atoms with Gasteiger partial charge in [0.1, 0.15) is 0 Å². The molecule has 4 nitrogen and oxygen atoms in total. The van der Waals surface area contributed by atoms with Crippen LogP contribution in [0.15, 0.2) is 36.0 Å². The molecule has 0 heterocycles. The van der Waals surface area contributed by atoms with Gasteiger partial charge in [0.2, 0.25) is 0 Å². The van der Waals surface area contributed by atoms with Crippen molar-refractivity contribution in [2.75, 3.05) is 0 Å². The maximum absolute atomic E-state index is 12.4. The Morgan fingerprint density at radius 2 is 1.88 bits per heavy atom. The number of aliphatic hydroxyl groups is 1. The highest BCUT2D eigenvalue weighted by Gasteiger charge is 2.66. The van der Waals surface area contributed by atoms with Crippen molar-refractivity contribution in [1.82, 2.24) is 0 Å². The maximum Gasteiger partial charge on any atom is 0.309 e. The van der Waals surface area contributed by atoms with Gasteiger partial charge in [0.15, 0.2) is 5.78 Å². The molecule has 3 saturated carbocycles. The van der Waals surface area contributed by atoms with Crippen LogP contribution in [0.1, 0.15) is 79.1 Å². The van der Waals surface area contributed by atoms with E-state index in [0.29, 0.717) is 42.9 Å². The molecule has 0 aromatic heterocycles. The van der Waals surface area contributed by atoms with Crippen LogP contribution in [0.5, 0.6) is 0 Å². The van der Waals surface area contributed by atoms with E-state index < -0.39 is 17.5 Å². The summed E-state index contributed by atoms with van der Waals surface area (Å²) in [6.07, 6.45) is 12.0. The first-order chi connectivity index (χ1) is 14.9. The van der Waals surface area contributed by atoms with E-state index in [1.807, 2.05) is 6.08 Å². The smallest absolute Gasteiger partial charge is 0.309 e. The summed E-state index contributed by atoms with van der Waals surface area (Å²) < 4.78 is 0. The van der Waals surface area contributed by atoms with Crippen molar-refractivity contribution in [2.45, 2.75) is 84.7 Å². The quantitative estimate of drug-likeness (QED) is 0.518. The van der Waals surface area contributed by atoms with Gasteiger partial charge in [-0.2, -0.15) is 0 Å². The van der Waals surface area contributed by atoms with Crippen LogP contribution >= 0.6 is 0 Å². The monoisotopic (exact) mass is 440 g/mol. The van der Waals surface area contributed by atoms with Crippen LogP contribution in [-0.4, -0.2) is 27.6 Å². The lowest BCUT2D eigenvalue weighted by atomic mass is 9.46. The Morgan fingerprint density at radius 1 is 1.19 bits per heavy atom. The van der Waals surface area contributed by atoms with Crippen LogP contribution in [0.3, 0.4) is 0 Å². The summed E-state index contributed by atoms with van der Waals surface area (Å²) in [4.78, 5) is 24.4. The lowest BCUT2D eigenvalue weighted by molar-refractivity contribution is -0.177. The normalized spacial score (nSPS) is 41.5. The molecule has 0 radical (unpaired) electrons. The number of carboxylic acids is 1. The second-order valence-corrected chi connectivity index (χ2v) is 11.8. The van der Waals surface area contributed by atoms with Gasteiger partial charge >= 0.3 is 5.97 Å². The number of carboxylic acid groups (broad SMARTS) is 1. The Labute approximate surface area is 192 Å². The second kappa shape index (κ2) is 7.97. The topological polar surface area (TPSA) is 74.6 Å². The van der Waals surface area contributed by atoms with E-state index in [1.54, 1.807) is 6.08 Å². The number of fused-ring (bicyclic) bond motifs is 5. The molecule has 0 unspecified atom stereocenters. The summed E-state index contributed by atoms with van der Waals surface area (Å²) in [6, 6.07) is 0. The zero-order valence-electron chi connectivity index (χ0n) is 20.2. The van der Waals surface area contributed by atoms with Crippen molar-refractivity contribution in [3.63, 3.8) is 0 Å². The Kier molecular flexibility index (Phi) is 5.85. The number of allylic oxidation sites excluding steroid dienone is 5. The van der Waals surface area contributed by atoms with Crippen molar-refractivity contribution in [1.29, 1.82) is 0 Å². The van der Waals surface area contributed by atoms with Gasteiger partial charge in [-0.15, -0.1) is 0 Å². The van der Waals surface area contributed by atoms with Crippen LogP contribution in [0.2, 0.25) is 0 Å². The van der Waals surface area contributed by atoms with E-state index in [2.05, 4.69) is 40.3 Å². The van der Waals surface area contributed by atoms with E-state index >= 15 is 0 Å². The Bertz CT molecular complexity index is 882. The average molecular weight is 441 g/mol. The maximum atomic E-state index is 12.4. The molecule has 0 spiro atoms. The number of rotatable bonds is 6. The van der Waals surface area contributed by atoms with Gasteiger partial charge in [-0.1, -0.05) is 51.5 Å². The molecule has 4 heteroatoms. The van der Waals surface area contributed by atoms with Crippen molar-refractivity contribution in [3.8, 4) is 0 Å². The third kappa shape index (κ3) is 3.36. The number of ketones is 1. The largest absolute Gasteiger partial charge is 0.481 e. The molecular weight excluding hydrogens is 400 g/mol. The SMILES string of the molecule is C=C(CC[C@@H](C(=O)O)[C@@]1(O)CC[C@H]2[C@@H]3CCC4=CC(=O)C=C[C@]4(C)[C@H]3CC[C@@]21C)C(C)C. The highest BCUT2D eigenvalue weighted by atomic mass is 16.4. The van der Waals surface area contributed by atoms with Gasteiger partial charge in [0, 0.05) is 10.8 Å². The molecule has 0 amide bonds. The average Bonchev–Trinajstić information content (AvgIpc) is 2.99. The Balaban J connectivity index is 1.61. The summed E-state index contributed by atoms with van der Waals surface area (Å²) in [5, 5.41) is 22.2. The van der Waals surface area contributed by atoms with Crippen LogP contribution in [-0.2, 0) is 9.59 Å². The second-order valence-electron chi connectivity index (χ2n) is 11.8. The van der Waals surface area contributed by atoms with Gasteiger partial charge in [-0.3, -0.25) is 9.59 Å². The molecule has 7 atom stereocenters. The van der Waals surface area contributed by atoms with Crippen LogP contribution < -0.4 is 0 Å². The summed E-state index contributed by atoms with van der Waals surface area (Å²) in [7, 11) is 0. The lowest BCUT2D eigenvalue weighted by Gasteiger charge is -2.58. The molecule has 32 heavy (non-hydrogen) atoms. The van der Waals surface area contributed by atoms with Gasteiger partial charge in [0.25, 0.3) is 0 Å². The fraction of sp³-hybridized carbons (Fsp3) is 0.714. The van der Waals surface area contributed by atoms with E-state index in [0.717, 1.165) is 37.7 Å². The molecule has 4 aliphatic rings. The molecule has 0 aromatic rings. The molecule has 0 saturated heterocycles. The third-order valence-electron chi connectivity index (χ3n) is 10.2. The number of hydrogen-bond acceptors (Lipinski definition) is 3. The zero-order valence-corrected chi connectivity index (χ0v) is 20.2. The molecule has 0 aromatic carbocycles. The van der Waals surface area contributed by atoms with Crippen LogP contribution in [0, 0.1) is 40.4 Å². The Hall–Kier alpha value is -1.68. The summed E-state index contributed by atoms with van der Waals surface area (Å²) in [6.45, 7) is 12.7. The Morgan fingerprint density at radius 3 is 2.53 bits per heavy atom. The van der Waals surface area contributed by atoms with Gasteiger partial charge < -0.3 is 10.2 Å². The van der Waals surface area contributed by atoms with Crippen molar-refractivity contribution in [3.05, 3.63) is 36.0 Å². The predicted molar refractivity (Wildman–Crippen MR) is 126 cm³/mol. The molecule has 176 valence electrons. The fourth-order valence-electron chi connectivity index (χ4n) is 8.01. The number of carbonyl (C=O) groups is 2. The molecule has 3 fully saturated rings. The fourth-order valence-corrected chi connectivity index (χ4v) is 8.01. The molecule has 0 aliphatic heterocycles. The summed E-state index contributed by atoms with van der Waals surface area (Å²) >= 11 is 0. The number of hydrogen-bond donors (Lipinski definition) is 2. The van der Waals surface area contributed by atoms with Gasteiger partial charge in [-0.25, -0.2) is 0 Å². The van der Waals surface area contributed by atoms with E-state index in [9.17, 15) is 19.8 Å². The number of carbonyl (C=O) groups excluding carboxylic acids is 1. The van der Waals surface area contributed by atoms with Crippen LogP contribution in [0.4, 0.5) is 0 Å². The standard InChI is InChI=1S/C28H40O4/c1-17(2)18(3)6-9-24(25(30)31)28(32)15-12-23-21-8-7-19-16-20(29)10-13-26(19,4)22(21)11-14-27(23,28)5/h10,13,16-17,21-24,32H,3,6-9,11-12,14-15H2,1-2,4-5H3,(H,30,31)/t21-,22+,23+,24+,26+,27+,28+/m1/s1. The first kappa shape index (κ1) is 23.5. The highest BCUT2D eigenvalue weighted by molar-refractivity contribution is 6.01. The first-order valence-corrected chi connectivity index (χ1v) is 12.5. The molecule has 4 rings (SSSR count). The summed E-state index contributed by atoms with van der Waals surface area (Å²) in [5.41, 5.74) is 0.670. The third-order valence-corrected chi connectivity index (χ3v) is 10.2. The van der Waals surface area contributed by atoms with Gasteiger partial charge in [-0.05, 0) is 87.2 Å². The van der Waals surface area contributed by atoms with Crippen molar-refractivity contribution in [2.24, 2.45) is 40.4 Å². The lowest BCUT2D eigenvalue weighted by Crippen LogP contribution is -2.58. The molecule has 4 aliphatic carbocycles. The minimum absolute atomic E-state index is 0.0833. The predicted octanol–water partition coefficient (Wildman–Crippen LogP) is 5.72. The minimum Gasteiger partial charge on any atom is -0.481 e. The highest BCUT2D eigenvalue weighted by Crippen LogP contribution is 2.68.